The number of guanidine groups is 1. The third-order valence-corrected chi connectivity index (χ3v) is 4.50. The highest BCUT2D eigenvalue weighted by atomic mass is 127. The summed E-state index contributed by atoms with van der Waals surface area (Å²) in [5.74, 6) is 2.24. The molecule has 0 unspecified atom stereocenters. The average Bonchev–Trinajstić information content (AvgIpc) is 3.23. The number of ether oxygens (including phenoxy) is 1. The van der Waals surface area contributed by atoms with Gasteiger partial charge < -0.3 is 19.9 Å². The predicted octanol–water partition coefficient (Wildman–Crippen LogP) is 5.00. The van der Waals surface area contributed by atoms with Gasteiger partial charge >= 0.3 is 0 Å². The highest BCUT2D eigenvalue weighted by molar-refractivity contribution is 14.0. The van der Waals surface area contributed by atoms with Gasteiger partial charge in [0.15, 0.2) is 11.7 Å². The minimum atomic E-state index is -0.261. The highest BCUT2D eigenvalue weighted by Crippen LogP contribution is 2.15. The van der Waals surface area contributed by atoms with Gasteiger partial charge in [0, 0.05) is 19.7 Å². The summed E-state index contributed by atoms with van der Waals surface area (Å²) in [7, 11) is 1.72. The van der Waals surface area contributed by atoms with E-state index in [2.05, 4.69) is 34.6 Å². The molecule has 6 nitrogen and oxygen atoms in total. The quantitative estimate of drug-likeness (QED) is 0.240. The highest BCUT2D eigenvalue weighted by Gasteiger charge is 2.08. The summed E-state index contributed by atoms with van der Waals surface area (Å²) < 4.78 is 24.3. The van der Waals surface area contributed by atoms with E-state index in [0.717, 1.165) is 28.3 Å². The van der Waals surface area contributed by atoms with Crippen molar-refractivity contribution < 1.29 is 13.7 Å². The molecule has 2 aromatic carbocycles. The topological polar surface area (TPSA) is 71.7 Å². The molecular weight excluding hydrogens is 510 g/mol. The van der Waals surface area contributed by atoms with E-state index in [9.17, 15) is 4.39 Å². The zero-order valence-corrected chi connectivity index (χ0v) is 20.2. The summed E-state index contributed by atoms with van der Waals surface area (Å²) in [6.07, 6.45) is 0. The molecular formula is C23H28FIN4O2. The first-order valence-corrected chi connectivity index (χ1v) is 9.89. The second-order valence-corrected chi connectivity index (χ2v) is 7.21. The summed E-state index contributed by atoms with van der Waals surface area (Å²) in [6.45, 7) is 5.59. The maximum atomic E-state index is 13.2. The lowest BCUT2D eigenvalue weighted by atomic mass is 10.1. The van der Waals surface area contributed by atoms with Crippen LogP contribution in [0.25, 0.3) is 0 Å². The average molecular weight is 538 g/mol. The van der Waals surface area contributed by atoms with E-state index in [0.29, 0.717) is 31.6 Å². The largest absolute Gasteiger partial charge is 0.489 e. The van der Waals surface area contributed by atoms with Crippen LogP contribution in [0.15, 0.2) is 64.1 Å². The second-order valence-electron chi connectivity index (χ2n) is 7.21. The Morgan fingerprint density at radius 3 is 2.45 bits per heavy atom. The molecule has 1 aromatic heterocycles. The minimum Gasteiger partial charge on any atom is -0.489 e. The third-order valence-electron chi connectivity index (χ3n) is 4.50. The van der Waals surface area contributed by atoms with Crippen molar-refractivity contribution in [2.24, 2.45) is 4.99 Å². The first kappa shape index (κ1) is 24.6. The van der Waals surface area contributed by atoms with Gasteiger partial charge in [0.25, 0.3) is 0 Å². The van der Waals surface area contributed by atoms with Gasteiger partial charge in [-0.25, -0.2) is 4.39 Å². The van der Waals surface area contributed by atoms with Gasteiger partial charge in [0.05, 0.1) is 12.2 Å². The number of hydrogen-bond donors (Lipinski definition) is 2. The van der Waals surface area contributed by atoms with Gasteiger partial charge in [-0.2, -0.15) is 0 Å². The zero-order valence-electron chi connectivity index (χ0n) is 17.9. The van der Waals surface area contributed by atoms with Crippen LogP contribution in [0.5, 0.6) is 5.75 Å². The number of aromatic nitrogens is 1. The van der Waals surface area contributed by atoms with Gasteiger partial charge in [-0.3, -0.25) is 4.99 Å². The van der Waals surface area contributed by atoms with E-state index in [1.54, 1.807) is 13.1 Å². The molecule has 3 rings (SSSR count). The Balaban J connectivity index is 0.00000341. The Labute approximate surface area is 199 Å². The molecule has 0 aliphatic rings. The molecule has 31 heavy (non-hydrogen) atoms. The summed E-state index contributed by atoms with van der Waals surface area (Å²) >= 11 is 0. The lowest BCUT2D eigenvalue weighted by molar-refractivity contribution is 0.305. The lowest BCUT2D eigenvalue weighted by Crippen LogP contribution is -2.36. The summed E-state index contributed by atoms with van der Waals surface area (Å²) in [6, 6.07) is 16.1. The molecule has 1 heterocycles. The maximum Gasteiger partial charge on any atom is 0.191 e. The van der Waals surface area contributed by atoms with E-state index in [-0.39, 0.29) is 29.8 Å². The molecule has 3 aromatic rings. The molecule has 0 bridgehead atoms. The molecule has 166 valence electrons. The van der Waals surface area contributed by atoms with Crippen LogP contribution in [0.2, 0.25) is 0 Å². The van der Waals surface area contributed by atoms with Crippen molar-refractivity contribution in [2.75, 3.05) is 7.05 Å². The fourth-order valence-electron chi connectivity index (χ4n) is 2.76. The van der Waals surface area contributed by atoms with Crippen molar-refractivity contribution in [3.63, 3.8) is 0 Å². The minimum absolute atomic E-state index is 0. The van der Waals surface area contributed by atoms with Crippen molar-refractivity contribution in [3.8, 4) is 5.75 Å². The number of nitrogens with zero attached hydrogens (tertiary/aromatic N) is 2. The van der Waals surface area contributed by atoms with Crippen LogP contribution in [0, 0.1) is 5.82 Å². The standard InChI is InChI=1S/C23H27FN4O2.HI/c1-16(2)22-12-21(30-28-22)14-27-23(25-3)26-13-17-7-9-20(10-8-17)29-15-18-5-4-6-19(24)11-18;/h4-12,16H,13-15H2,1-3H3,(H2,25,26,27);1H. The van der Waals surface area contributed by atoms with E-state index >= 15 is 0 Å². The van der Waals surface area contributed by atoms with Gasteiger partial charge in [-0.15, -0.1) is 24.0 Å². The van der Waals surface area contributed by atoms with Crippen LogP contribution in [0.3, 0.4) is 0 Å². The molecule has 0 aliphatic carbocycles. The summed E-state index contributed by atoms with van der Waals surface area (Å²) in [5.41, 5.74) is 2.81. The number of halogens is 2. The van der Waals surface area contributed by atoms with Crippen molar-refractivity contribution in [1.29, 1.82) is 0 Å². The molecule has 0 saturated heterocycles. The first-order valence-electron chi connectivity index (χ1n) is 9.89. The molecule has 0 atom stereocenters. The molecule has 0 fully saturated rings. The van der Waals surface area contributed by atoms with Crippen molar-refractivity contribution >= 4 is 29.9 Å². The number of aliphatic imine (C=N–C) groups is 1. The Morgan fingerprint density at radius 1 is 1.06 bits per heavy atom. The normalized spacial score (nSPS) is 11.2. The monoisotopic (exact) mass is 538 g/mol. The lowest BCUT2D eigenvalue weighted by Gasteiger charge is -2.11. The zero-order chi connectivity index (χ0) is 21.3. The van der Waals surface area contributed by atoms with Gasteiger partial charge in [-0.1, -0.05) is 43.3 Å². The van der Waals surface area contributed by atoms with Crippen LogP contribution >= 0.6 is 24.0 Å². The van der Waals surface area contributed by atoms with E-state index in [1.807, 2.05) is 36.4 Å². The molecule has 0 radical (unpaired) electrons. The van der Waals surface area contributed by atoms with Crippen LogP contribution in [0.1, 0.15) is 42.3 Å². The molecule has 0 saturated carbocycles. The second kappa shape index (κ2) is 12.3. The SMILES string of the molecule is CN=C(NCc1ccc(OCc2cccc(F)c2)cc1)NCc1cc(C(C)C)no1.I. The van der Waals surface area contributed by atoms with Gasteiger partial charge in [0.1, 0.15) is 18.2 Å². The van der Waals surface area contributed by atoms with Gasteiger partial charge in [-0.05, 0) is 41.3 Å². The molecule has 2 N–H and O–H groups in total. The smallest absolute Gasteiger partial charge is 0.191 e. The van der Waals surface area contributed by atoms with Crippen molar-refractivity contribution in [2.45, 2.75) is 39.5 Å². The van der Waals surface area contributed by atoms with E-state index in [4.69, 9.17) is 9.26 Å². The van der Waals surface area contributed by atoms with Gasteiger partial charge in [0.2, 0.25) is 0 Å². The molecule has 8 heteroatoms. The Hall–Kier alpha value is -2.62. The molecule has 0 spiro atoms. The van der Waals surface area contributed by atoms with E-state index < -0.39 is 0 Å². The summed E-state index contributed by atoms with van der Waals surface area (Å²) in [4.78, 5) is 4.22. The van der Waals surface area contributed by atoms with Crippen molar-refractivity contribution in [3.05, 3.63) is 83.0 Å². The fraction of sp³-hybridized carbons (Fsp3) is 0.304. The molecule has 0 aliphatic heterocycles. The first-order chi connectivity index (χ1) is 14.5. The Bertz CT molecular complexity index is 974. The number of hydrogen-bond acceptors (Lipinski definition) is 4. The predicted molar refractivity (Wildman–Crippen MR) is 130 cm³/mol. The number of nitrogens with one attached hydrogen (secondary N) is 2. The third kappa shape index (κ3) is 7.86. The fourth-order valence-corrected chi connectivity index (χ4v) is 2.76. The summed E-state index contributed by atoms with van der Waals surface area (Å²) in [5, 5.41) is 10.5. The van der Waals surface area contributed by atoms with Crippen LogP contribution in [-0.2, 0) is 19.7 Å². The van der Waals surface area contributed by atoms with Crippen molar-refractivity contribution in [1.82, 2.24) is 15.8 Å². The van der Waals surface area contributed by atoms with Crippen LogP contribution in [-0.4, -0.2) is 18.2 Å². The van der Waals surface area contributed by atoms with Crippen LogP contribution < -0.4 is 15.4 Å². The van der Waals surface area contributed by atoms with E-state index in [1.165, 1.54) is 12.1 Å². The maximum absolute atomic E-state index is 13.2. The van der Waals surface area contributed by atoms with Crippen LogP contribution in [0.4, 0.5) is 4.39 Å². The Kier molecular flexibility index (Phi) is 9.77. The number of benzene rings is 2. The number of rotatable bonds is 8. The molecule has 0 amide bonds. The Morgan fingerprint density at radius 2 is 1.81 bits per heavy atom.